The molecule has 1 aromatic heterocycles. The number of ether oxygens (including phenoxy) is 1. The third-order valence-electron chi connectivity index (χ3n) is 3.95. The van der Waals surface area contributed by atoms with E-state index in [9.17, 15) is 4.79 Å². The molecule has 3 rings (SSSR count). The van der Waals surface area contributed by atoms with Crippen molar-refractivity contribution < 1.29 is 14.1 Å². The number of aryl methyl sites for hydroxylation is 1. The highest BCUT2D eigenvalue weighted by atomic mass is 16.5. The zero-order chi connectivity index (χ0) is 16.8. The van der Waals surface area contributed by atoms with Gasteiger partial charge >= 0.3 is 0 Å². The molecule has 0 bridgehead atoms. The summed E-state index contributed by atoms with van der Waals surface area (Å²) in [6, 6.07) is 7.66. The van der Waals surface area contributed by atoms with E-state index in [1.807, 2.05) is 24.3 Å². The van der Waals surface area contributed by atoms with Gasteiger partial charge in [-0.3, -0.25) is 4.79 Å². The molecular formula is C17H22N4O3. The Balaban J connectivity index is 1.48. The summed E-state index contributed by atoms with van der Waals surface area (Å²) in [5.41, 5.74) is 1.11. The first kappa shape index (κ1) is 16.4. The normalized spacial score (nSPS) is 18.0. The van der Waals surface area contributed by atoms with Crippen molar-refractivity contribution in [1.82, 2.24) is 20.8 Å². The molecule has 0 spiro atoms. The molecule has 2 heterocycles. The largest absolute Gasteiger partial charge is 0.485 e. The lowest BCUT2D eigenvalue weighted by Gasteiger charge is -2.15. The highest BCUT2D eigenvalue weighted by Crippen LogP contribution is 2.14. The molecule has 7 heteroatoms. The number of hydrogen-bond donors (Lipinski definition) is 2. The van der Waals surface area contributed by atoms with E-state index in [2.05, 4.69) is 20.8 Å². The molecule has 1 unspecified atom stereocenters. The Labute approximate surface area is 140 Å². The van der Waals surface area contributed by atoms with Crippen LogP contribution in [-0.2, 0) is 17.9 Å². The van der Waals surface area contributed by atoms with Crippen molar-refractivity contribution in [3.05, 3.63) is 41.5 Å². The molecule has 1 aromatic carbocycles. The average molecular weight is 330 g/mol. The minimum absolute atomic E-state index is 0.0999. The molecule has 1 aliphatic rings. The molecule has 1 atom stereocenters. The monoisotopic (exact) mass is 330 g/mol. The number of benzene rings is 1. The van der Waals surface area contributed by atoms with Crippen LogP contribution in [0.5, 0.6) is 5.75 Å². The van der Waals surface area contributed by atoms with Crippen LogP contribution in [0.25, 0.3) is 0 Å². The summed E-state index contributed by atoms with van der Waals surface area (Å²) in [6.45, 7) is 3.45. The summed E-state index contributed by atoms with van der Waals surface area (Å²) >= 11 is 0. The second kappa shape index (κ2) is 7.92. The van der Waals surface area contributed by atoms with Gasteiger partial charge in [0.05, 0.1) is 6.04 Å². The van der Waals surface area contributed by atoms with E-state index >= 15 is 0 Å². The number of amides is 1. The maximum absolute atomic E-state index is 11.9. The van der Waals surface area contributed by atoms with Crippen molar-refractivity contribution >= 4 is 5.91 Å². The molecule has 0 saturated carbocycles. The summed E-state index contributed by atoms with van der Waals surface area (Å²) in [7, 11) is 0. The van der Waals surface area contributed by atoms with Crippen LogP contribution < -0.4 is 15.4 Å². The van der Waals surface area contributed by atoms with E-state index < -0.39 is 0 Å². The van der Waals surface area contributed by atoms with Crippen LogP contribution in [0, 0.1) is 6.92 Å². The lowest BCUT2D eigenvalue weighted by molar-refractivity contribution is -0.122. The lowest BCUT2D eigenvalue weighted by atomic mass is 10.1. The molecule has 1 saturated heterocycles. The van der Waals surface area contributed by atoms with Crippen molar-refractivity contribution in [3.8, 4) is 5.75 Å². The molecule has 128 valence electrons. The van der Waals surface area contributed by atoms with E-state index in [1.54, 1.807) is 6.92 Å². The van der Waals surface area contributed by atoms with Crippen molar-refractivity contribution in [1.29, 1.82) is 0 Å². The van der Waals surface area contributed by atoms with Crippen molar-refractivity contribution in [2.45, 2.75) is 45.4 Å². The van der Waals surface area contributed by atoms with E-state index in [-0.39, 0.29) is 18.6 Å². The van der Waals surface area contributed by atoms with Gasteiger partial charge in [-0.1, -0.05) is 17.3 Å². The van der Waals surface area contributed by atoms with Gasteiger partial charge < -0.3 is 19.9 Å². The van der Waals surface area contributed by atoms with Gasteiger partial charge in [-0.15, -0.1) is 0 Å². The number of nitrogens with one attached hydrogen (secondary N) is 2. The molecule has 2 N–H and O–H groups in total. The zero-order valence-electron chi connectivity index (χ0n) is 13.7. The molecule has 1 aliphatic heterocycles. The zero-order valence-corrected chi connectivity index (χ0v) is 13.7. The third-order valence-corrected chi connectivity index (χ3v) is 3.95. The fourth-order valence-electron chi connectivity index (χ4n) is 2.63. The maximum atomic E-state index is 11.9. The van der Waals surface area contributed by atoms with Crippen LogP contribution >= 0.6 is 0 Å². The highest BCUT2D eigenvalue weighted by molar-refractivity contribution is 5.81. The van der Waals surface area contributed by atoms with Crippen LogP contribution in [0.3, 0.4) is 0 Å². The van der Waals surface area contributed by atoms with Crippen molar-refractivity contribution in [2.24, 2.45) is 0 Å². The van der Waals surface area contributed by atoms with Gasteiger partial charge in [0.25, 0.3) is 0 Å². The Kier molecular flexibility index (Phi) is 5.43. The molecule has 7 nitrogen and oxygen atoms in total. The molecule has 0 radical (unpaired) electrons. The van der Waals surface area contributed by atoms with Crippen LogP contribution in [0.2, 0.25) is 0 Å². The number of nitrogens with zero attached hydrogens (tertiary/aromatic N) is 2. The summed E-state index contributed by atoms with van der Waals surface area (Å²) in [5.74, 6) is 1.89. The number of aromatic nitrogens is 2. The summed E-state index contributed by atoms with van der Waals surface area (Å²) in [5, 5.41) is 10.0. The number of carbonyl (C=O) groups is 1. The van der Waals surface area contributed by atoms with E-state index in [1.165, 1.54) is 0 Å². The summed E-state index contributed by atoms with van der Waals surface area (Å²) in [4.78, 5) is 16.0. The Bertz CT molecular complexity index is 669. The Morgan fingerprint density at radius 1 is 1.33 bits per heavy atom. The Hall–Kier alpha value is -2.41. The molecule has 1 fully saturated rings. The van der Waals surface area contributed by atoms with Gasteiger partial charge in [-0.25, -0.2) is 0 Å². The highest BCUT2D eigenvalue weighted by Gasteiger charge is 2.19. The summed E-state index contributed by atoms with van der Waals surface area (Å²) < 4.78 is 10.5. The van der Waals surface area contributed by atoms with E-state index in [4.69, 9.17) is 9.26 Å². The smallest absolute Gasteiger partial charge is 0.237 e. The first-order valence-corrected chi connectivity index (χ1v) is 8.23. The number of rotatable bonds is 6. The predicted octanol–water partition coefficient (Wildman–Crippen LogP) is 1.72. The van der Waals surface area contributed by atoms with Crippen LogP contribution in [-0.4, -0.2) is 28.6 Å². The van der Waals surface area contributed by atoms with Crippen LogP contribution in [0.15, 0.2) is 28.8 Å². The number of carbonyl (C=O) groups excluding carboxylic acids is 1. The predicted molar refractivity (Wildman–Crippen MR) is 87.3 cm³/mol. The van der Waals surface area contributed by atoms with Gasteiger partial charge in [0.1, 0.15) is 5.75 Å². The molecule has 2 aromatic rings. The van der Waals surface area contributed by atoms with Gasteiger partial charge in [-0.2, -0.15) is 4.98 Å². The molecule has 24 heavy (non-hydrogen) atoms. The quantitative estimate of drug-likeness (QED) is 0.838. The first-order valence-electron chi connectivity index (χ1n) is 8.23. The lowest BCUT2D eigenvalue weighted by Crippen LogP contribution is -2.42. The standard InChI is InChI=1S/C17H22N4O3/c1-12-20-16(21-24-12)11-23-14-7-5-13(6-8-14)10-19-15-4-2-3-9-18-17(15)22/h5-8,15,19H,2-4,9-11H2,1H3,(H,18,22). The minimum atomic E-state index is -0.107. The van der Waals surface area contributed by atoms with Gasteiger partial charge in [0.2, 0.25) is 17.6 Å². The van der Waals surface area contributed by atoms with E-state index in [0.29, 0.717) is 18.3 Å². The maximum Gasteiger partial charge on any atom is 0.237 e. The molecular weight excluding hydrogens is 308 g/mol. The van der Waals surface area contributed by atoms with Crippen molar-refractivity contribution in [2.75, 3.05) is 6.54 Å². The van der Waals surface area contributed by atoms with Crippen LogP contribution in [0.1, 0.15) is 36.5 Å². The average Bonchev–Trinajstić information content (AvgIpc) is 2.90. The topological polar surface area (TPSA) is 89.3 Å². The SMILES string of the molecule is Cc1nc(COc2ccc(CNC3CCCCNC3=O)cc2)no1. The second-order valence-corrected chi connectivity index (χ2v) is 5.88. The second-order valence-electron chi connectivity index (χ2n) is 5.88. The fourth-order valence-corrected chi connectivity index (χ4v) is 2.63. The van der Waals surface area contributed by atoms with Gasteiger partial charge in [0, 0.05) is 20.0 Å². The van der Waals surface area contributed by atoms with E-state index in [0.717, 1.165) is 37.1 Å². The minimum Gasteiger partial charge on any atom is -0.485 e. The molecule has 0 aliphatic carbocycles. The Morgan fingerprint density at radius 2 is 2.17 bits per heavy atom. The first-order chi connectivity index (χ1) is 11.7. The number of hydrogen-bond acceptors (Lipinski definition) is 6. The third kappa shape index (κ3) is 4.55. The van der Waals surface area contributed by atoms with Gasteiger partial charge in [-0.05, 0) is 37.0 Å². The Morgan fingerprint density at radius 3 is 2.92 bits per heavy atom. The fraction of sp³-hybridized carbons (Fsp3) is 0.471. The van der Waals surface area contributed by atoms with Crippen LogP contribution in [0.4, 0.5) is 0 Å². The van der Waals surface area contributed by atoms with Crippen molar-refractivity contribution in [3.63, 3.8) is 0 Å². The van der Waals surface area contributed by atoms with Gasteiger partial charge in [0.15, 0.2) is 6.61 Å². The molecule has 1 amide bonds. The summed E-state index contributed by atoms with van der Waals surface area (Å²) in [6.07, 6.45) is 3.01.